The maximum atomic E-state index is 11.5. The molecule has 6 nitrogen and oxygen atoms in total. The molecule has 0 spiro atoms. The van der Waals surface area contributed by atoms with Crippen molar-refractivity contribution in [3.05, 3.63) is 24.3 Å². The van der Waals surface area contributed by atoms with Gasteiger partial charge < -0.3 is 14.1 Å². The summed E-state index contributed by atoms with van der Waals surface area (Å²) in [6.07, 6.45) is 0. The predicted octanol–water partition coefficient (Wildman–Crippen LogP) is 1.93. The number of methoxy groups -OCH3 is 1. The molecular weight excluding hydrogens is 278 g/mol. The van der Waals surface area contributed by atoms with Gasteiger partial charge in [-0.25, -0.2) is 0 Å². The van der Waals surface area contributed by atoms with Crippen LogP contribution in [0.4, 0.5) is 0 Å². The summed E-state index contributed by atoms with van der Waals surface area (Å²) in [5.74, 6) is 1.30. The summed E-state index contributed by atoms with van der Waals surface area (Å²) in [4.78, 5) is 13.0. The van der Waals surface area contributed by atoms with Crippen molar-refractivity contribution in [3.8, 4) is 17.2 Å². The molecule has 1 aromatic heterocycles. The molecule has 0 saturated carbocycles. The fraction of sp³-hybridized carbons (Fsp3) is 0.308. The zero-order valence-corrected chi connectivity index (χ0v) is 12.3. The first kappa shape index (κ1) is 14.4. The van der Waals surface area contributed by atoms with Crippen LogP contribution in [0, 0.1) is 0 Å². The van der Waals surface area contributed by atoms with Crippen molar-refractivity contribution in [2.45, 2.75) is 5.22 Å². The van der Waals surface area contributed by atoms with Gasteiger partial charge in [-0.15, -0.1) is 10.2 Å². The smallest absolute Gasteiger partial charge is 0.277 e. The van der Waals surface area contributed by atoms with E-state index in [0.29, 0.717) is 16.9 Å². The van der Waals surface area contributed by atoms with Gasteiger partial charge in [0.15, 0.2) is 0 Å². The summed E-state index contributed by atoms with van der Waals surface area (Å²) < 4.78 is 10.8. The van der Waals surface area contributed by atoms with Gasteiger partial charge in [0.1, 0.15) is 5.75 Å². The van der Waals surface area contributed by atoms with E-state index in [1.165, 1.54) is 16.7 Å². The Labute approximate surface area is 121 Å². The summed E-state index contributed by atoms with van der Waals surface area (Å²) in [5, 5.41) is 8.26. The summed E-state index contributed by atoms with van der Waals surface area (Å²) >= 11 is 1.21. The van der Waals surface area contributed by atoms with Crippen molar-refractivity contribution < 1.29 is 13.9 Å². The Balaban J connectivity index is 2.11. The molecule has 0 N–H and O–H groups in total. The van der Waals surface area contributed by atoms with Crippen LogP contribution < -0.4 is 4.74 Å². The zero-order chi connectivity index (χ0) is 14.5. The van der Waals surface area contributed by atoms with Crippen LogP contribution in [0.2, 0.25) is 0 Å². The molecule has 0 aliphatic rings. The number of amides is 1. The van der Waals surface area contributed by atoms with E-state index in [1.807, 2.05) is 24.3 Å². The number of para-hydroxylation sites is 1. The van der Waals surface area contributed by atoms with Crippen LogP contribution >= 0.6 is 11.8 Å². The minimum atomic E-state index is -0.00737. The molecule has 0 aliphatic carbocycles. The number of rotatable bonds is 5. The standard InChI is InChI=1S/C13H15N3O3S/c1-16(2)11(17)8-20-13-15-14-12(19-13)9-6-4-5-7-10(9)18-3/h4-7H,8H2,1-3H3. The van der Waals surface area contributed by atoms with E-state index in [2.05, 4.69) is 10.2 Å². The lowest BCUT2D eigenvalue weighted by Crippen LogP contribution is -2.23. The number of hydrogen-bond acceptors (Lipinski definition) is 6. The van der Waals surface area contributed by atoms with Crippen molar-refractivity contribution in [3.63, 3.8) is 0 Å². The third kappa shape index (κ3) is 3.30. The fourth-order valence-electron chi connectivity index (χ4n) is 1.45. The molecule has 7 heteroatoms. The first-order chi connectivity index (χ1) is 9.61. The molecule has 0 unspecified atom stereocenters. The van der Waals surface area contributed by atoms with E-state index in [9.17, 15) is 4.79 Å². The van der Waals surface area contributed by atoms with E-state index >= 15 is 0 Å². The second-order valence-electron chi connectivity index (χ2n) is 4.15. The summed E-state index contributed by atoms with van der Waals surface area (Å²) in [6, 6.07) is 7.39. The Morgan fingerprint density at radius 3 is 2.80 bits per heavy atom. The van der Waals surface area contributed by atoms with Gasteiger partial charge in [0.2, 0.25) is 5.91 Å². The molecule has 1 heterocycles. The number of benzene rings is 1. The van der Waals surface area contributed by atoms with Crippen LogP contribution in [0.15, 0.2) is 33.9 Å². The van der Waals surface area contributed by atoms with Gasteiger partial charge in [-0.1, -0.05) is 23.9 Å². The van der Waals surface area contributed by atoms with Gasteiger partial charge in [0.05, 0.1) is 18.4 Å². The minimum absolute atomic E-state index is 0.00737. The molecule has 2 rings (SSSR count). The monoisotopic (exact) mass is 293 g/mol. The number of nitrogens with zero attached hydrogens (tertiary/aromatic N) is 3. The van der Waals surface area contributed by atoms with Gasteiger partial charge >= 0.3 is 0 Å². The van der Waals surface area contributed by atoms with Gasteiger partial charge in [-0.3, -0.25) is 4.79 Å². The van der Waals surface area contributed by atoms with E-state index in [1.54, 1.807) is 21.2 Å². The normalized spacial score (nSPS) is 10.3. The predicted molar refractivity (Wildman–Crippen MR) is 75.7 cm³/mol. The molecule has 106 valence electrons. The van der Waals surface area contributed by atoms with Gasteiger partial charge in [-0.2, -0.15) is 0 Å². The van der Waals surface area contributed by atoms with Gasteiger partial charge in [0, 0.05) is 14.1 Å². The quantitative estimate of drug-likeness (QED) is 0.785. The average molecular weight is 293 g/mol. The number of carbonyl (C=O) groups excluding carboxylic acids is 1. The maximum Gasteiger partial charge on any atom is 0.277 e. The second kappa shape index (κ2) is 6.42. The average Bonchev–Trinajstić information content (AvgIpc) is 2.93. The Morgan fingerprint density at radius 2 is 2.10 bits per heavy atom. The molecule has 0 saturated heterocycles. The van der Waals surface area contributed by atoms with Crippen molar-refractivity contribution in [1.82, 2.24) is 15.1 Å². The molecule has 20 heavy (non-hydrogen) atoms. The van der Waals surface area contributed by atoms with Crippen LogP contribution in [-0.4, -0.2) is 48.0 Å². The number of thioether (sulfide) groups is 1. The Hall–Kier alpha value is -2.02. The van der Waals surface area contributed by atoms with Crippen molar-refractivity contribution in [2.75, 3.05) is 27.0 Å². The van der Waals surface area contributed by atoms with Gasteiger partial charge in [0.25, 0.3) is 11.1 Å². The number of hydrogen-bond donors (Lipinski definition) is 0. The Morgan fingerprint density at radius 1 is 1.35 bits per heavy atom. The van der Waals surface area contributed by atoms with Crippen LogP contribution in [0.1, 0.15) is 0 Å². The highest BCUT2D eigenvalue weighted by Crippen LogP contribution is 2.30. The summed E-state index contributed by atoms with van der Waals surface area (Å²) in [7, 11) is 4.99. The third-order valence-electron chi connectivity index (χ3n) is 2.56. The highest BCUT2D eigenvalue weighted by Gasteiger charge is 2.14. The molecule has 0 atom stereocenters. The third-order valence-corrected chi connectivity index (χ3v) is 3.36. The highest BCUT2D eigenvalue weighted by molar-refractivity contribution is 7.99. The molecule has 1 aromatic carbocycles. The summed E-state index contributed by atoms with van der Waals surface area (Å²) in [6.45, 7) is 0. The number of aromatic nitrogens is 2. The van der Waals surface area contributed by atoms with Crippen molar-refractivity contribution in [1.29, 1.82) is 0 Å². The SMILES string of the molecule is COc1ccccc1-c1nnc(SCC(=O)N(C)C)o1. The molecule has 1 amide bonds. The highest BCUT2D eigenvalue weighted by atomic mass is 32.2. The Bertz CT molecular complexity index is 598. The first-order valence-electron chi connectivity index (χ1n) is 5.91. The molecule has 0 radical (unpaired) electrons. The lowest BCUT2D eigenvalue weighted by Gasteiger charge is -2.07. The molecular formula is C13H15N3O3S. The lowest BCUT2D eigenvalue weighted by molar-refractivity contribution is -0.125. The zero-order valence-electron chi connectivity index (χ0n) is 11.5. The number of carbonyl (C=O) groups is 1. The molecule has 0 fully saturated rings. The summed E-state index contributed by atoms with van der Waals surface area (Å²) in [5.41, 5.74) is 0.730. The molecule has 0 bridgehead atoms. The van der Waals surface area contributed by atoms with Crippen LogP contribution in [0.25, 0.3) is 11.5 Å². The largest absolute Gasteiger partial charge is 0.496 e. The molecule has 0 aliphatic heterocycles. The lowest BCUT2D eigenvalue weighted by atomic mass is 10.2. The van der Waals surface area contributed by atoms with Crippen molar-refractivity contribution >= 4 is 17.7 Å². The first-order valence-corrected chi connectivity index (χ1v) is 6.90. The van der Waals surface area contributed by atoms with Crippen LogP contribution in [0.5, 0.6) is 5.75 Å². The fourth-order valence-corrected chi connectivity index (χ4v) is 2.19. The van der Waals surface area contributed by atoms with Gasteiger partial charge in [-0.05, 0) is 12.1 Å². The Kier molecular flexibility index (Phi) is 4.62. The van der Waals surface area contributed by atoms with E-state index in [4.69, 9.17) is 9.15 Å². The van der Waals surface area contributed by atoms with Crippen LogP contribution in [0.3, 0.4) is 0 Å². The maximum absolute atomic E-state index is 11.5. The topological polar surface area (TPSA) is 68.5 Å². The van der Waals surface area contributed by atoms with Crippen LogP contribution in [-0.2, 0) is 4.79 Å². The van der Waals surface area contributed by atoms with E-state index in [0.717, 1.165) is 5.56 Å². The van der Waals surface area contributed by atoms with E-state index < -0.39 is 0 Å². The van der Waals surface area contributed by atoms with Crippen molar-refractivity contribution in [2.24, 2.45) is 0 Å². The second-order valence-corrected chi connectivity index (χ2v) is 5.08. The number of ether oxygens (including phenoxy) is 1. The molecule has 2 aromatic rings. The minimum Gasteiger partial charge on any atom is -0.496 e. The van der Waals surface area contributed by atoms with E-state index in [-0.39, 0.29) is 11.7 Å².